The summed E-state index contributed by atoms with van der Waals surface area (Å²) in [5, 5.41) is 16.2. The molecular formula is C26H37N5O4. The first-order chi connectivity index (χ1) is 16.9. The normalized spacial score (nSPS) is 20.0. The second-order valence-corrected chi connectivity index (χ2v) is 10.0. The van der Waals surface area contributed by atoms with Crippen molar-refractivity contribution >= 4 is 17.5 Å². The van der Waals surface area contributed by atoms with E-state index in [2.05, 4.69) is 45.3 Å². The number of pyridine rings is 1. The van der Waals surface area contributed by atoms with Crippen molar-refractivity contribution in [3.8, 4) is 5.75 Å². The van der Waals surface area contributed by atoms with Gasteiger partial charge in [-0.2, -0.15) is 4.98 Å². The first kappa shape index (κ1) is 25.2. The maximum absolute atomic E-state index is 12.2. The van der Waals surface area contributed by atoms with Crippen LogP contribution in [-0.2, 0) is 4.79 Å². The van der Waals surface area contributed by atoms with E-state index in [4.69, 9.17) is 9.26 Å². The lowest BCUT2D eigenvalue weighted by Gasteiger charge is -2.30. The van der Waals surface area contributed by atoms with Crippen molar-refractivity contribution in [3.63, 3.8) is 0 Å². The molecule has 1 aliphatic carbocycles. The van der Waals surface area contributed by atoms with Crippen molar-refractivity contribution in [2.45, 2.75) is 64.9 Å². The zero-order valence-corrected chi connectivity index (χ0v) is 20.9. The molecule has 0 saturated carbocycles. The maximum Gasteiger partial charge on any atom is 0.324 e. The molecule has 1 amide bonds. The topological polar surface area (TPSA) is 114 Å². The minimum atomic E-state index is -0.527. The van der Waals surface area contributed by atoms with Crippen LogP contribution in [0.2, 0.25) is 0 Å². The molecule has 35 heavy (non-hydrogen) atoms. The lowest BCUT2D eigenvalue weighted by molar-refractivity contribution is -0.125. The number of aliphatic hydroxyl groups excluding tert-OH is 1. The molecule has 0 aromatic carbocycles. The van der Waals surface area contributed by atoms with Gasteiger partial charge in [0.15, 0.2) is 5.82 Å². The van der Waals surface area contributed by atoms with E-state index in [0.717, 1.165) is 56.0 Å². The Morgan fingerprint density at radius 1 is 1.26 bits per heavy atom. The molecule has 0 spiro atoms. The van der Waals surface area contributed by atoms with Gasteiger partial charge in [0, 0.05) is 31.5 Å². The number of rotatable bonds is 9. The van der Waals surface area contributed by atoms with Gasteiger partial charge in [-0.1, -0.05) is 25.1 Å². The Hall–Kier alpha value is -2.94. The minimum absolute atomic E-state index is 0.0149. The molecule has 2 aromatic rings. The monoisotopic (exact) mass is 483 g/mol. The van der Waals surface area contributed by atoms with Gasteiger partial charge in [-0.05, 0) is 62.7 Å². The van der Waals surface area contributed by atoms with Gasteiger partial charge in [0.05, 0.1) is 24.6 Å². The number of piperidine rings is 1. The van der Waals surface area contributed by atoms with Crippen LogP contribution in [0.15, 0.2) is 28.9 Å². The van der Waals surface area contributed by atoms with E-state index in [9.17, 15) is 9.90 Å². The molecule has 1 fully saturated rings. The van der Waals surface area contributed by atoms with E-state index in [0.29, 0.717) is 31.5 Å². The van der Waals surface area contributed by atoms with Crippen molar-refractivity contribution in [1.82, 2.24) is 20.4 Å². The average molecular weight is 484 g/mol. The molecular weight excluding hydrogens is 446 g/mol. The molecule has 2 aromatic heterocycles. The first-order valence-electron chi connectivity index (χ1n) is 12.7. The highest BCUT2D eigenvalue weighted by Crippen LogP contribution is 2.30. The fourth-order valence-corrected chi connectivity index (χ4v) is 4.45. The molecule has 1 unspecified atom stereocenters. The fourth-order valence-electron chi connectivity index (χ4n) is 4.45. The Balaban J connectivity index is 1.20. The second-order valence-electron chi connectivity index (χ2n) is 10.0. The molecule has 0 bridgehead atoms. The number of aliphatic hydroxyl groups is 1. The number of carbonyl (C=O) groups is 1. The van der Waals surface area contributed by atoms with Gasteiger partial charge in [-0.3, -0.25) is 9.78 Å². The van der Waals surface area contributed by atoms with E-state index in [1.165, 1.54) is 5.57 Å². The van der Waals surface area contributed by atoms with Crippen LogP contribution in [0, 0.1) is 11.8 Å². The Kier molecular flexibility index (Phi) is 8.38. The predicted octanol–water partition coefficient (Wildman–Crippen LogP) is 3.56. The van der Waals surface area contributed by atoms with Crippen LogP contribution in [0.5, 0.6) is 5.75 Å². The molecule has 1 aliphatic heterocycles. The predicted molar refractivity (Wildman–Crippen MR) is 133 cm³/mol. The van der Waals surface area contributed by atoms with E-state index in [1.54, 1.807) is 13.1 Å². The number of amides is 1. The number of nitrogens with one attached hydrogen (secondary N) is 1. The lowest BCUT2D eigenvalue weighted by Crippen LogP contribution is -2.35. The summed E-state index contributed by atoms with van der Waals surface area (Å²) in [5.41, 5.74) is 2.11. The summed E-state index contributed by atoms with van der Waals surface area (Å²) in [5.74, 6) is 2.25. The highest BCUT2D eigenvalue weighted by atomic mass is 16.5. The Bertz CT molecular complexity index is 993. The van der Waals surface area contributed by atoms with Gasteiger partial charge in [0.2, 0.25) is 5.91 Å². The number of hydrogen-bond acceptors (Lipinski definition) is 8. The fraction of sp³-hybridized carbons (Fsp3) is 0.615. The number of aromatic nitrogens is 3. The summed E-state index contributed by atoms with van der Waals surface area (Å²) in [6, 6.07) is 4.60. The van der Waals surface area contributed by atoms with Crippen molar-refractivity contribution in [2.24, 2.45) is 11.8 Å². The van der Waals surface area contributed by atoms with Crippen molar-refractivity contribution < 1.29 is 19.2 Å². The number of hydrogen-bond donors (Lipinski definition) is 2. The largest absolute Gasteiger partial charge is 0.492 e. The number of allylic oxidation sites excluding steroid dienone is 2. The first-order valence-corrected chi connectivity index (χ1v) is 12.7. The summed E-state index contributed by atoms with van der Waals surface area (Å²) in [6.45, 7) is 8.52. The van der Waals surface area contributed by atoms with Crippen LogP contribution in [-0.4, -0.2) is 58.5 Å². The summed E-state index contributed by atoms with van der Waals surface area (Å²) in [6.07, 6.45) is 7.71. The van der Waals surface area contributed by atoms with E-state index >= 15 is 0 Å². The van der Waals surface area contributed by atoms with Crippen molar-refractivity contribution in [2.75, 3.05) is 31.1 Å². The SMILES string of the molecule is CC(O)CNC(=O)[C@@H]1CC=C(c2ccc(OCC3CCN(c4nc(C(C)C)no4)CC3)cn2)CC1. The molecule has 2 aliphatic rings. The Morgan fingerprint density at radius 2 is 2.06 bits per heavy atom. The van der Waals surface area contributed by atoms with Gasteiger partial charge in [-0.25, -0.2) is 0 Å². The summed E-state index contributed by atoms with van der Waals surface area (Å²) >= 11 is 0. The summed E-state index contributed by atoms with van der Waals surface area (Å²) < 4.78 is 11.5. The third-order valence-electron chi connectivity index (χ3n) is 6.74. The molecule has 9 nitrogen and oxygen atoms in total. The van der Waals surface area contributed by atoms with E-state index in [-0.39, 0.29) is 17.7 Å². The number of carbonyl (C=O) groups excluding carboxylic acids is 1. The summed E-state index contributed by atoms with van der Waals surface area (Å²) in [4.78, 5) is 23.5. The smallest absolute Gasteiger partial charge is 0.324 e. The molecule has 1 saturated heterocycles. The van der Waals surface area contributed by atoms with Crippen molar-refractivity contribution in [3.05, 3.63) is 35.9 Å². The molecule has 0 radical (unpaired) electrons. The number of nitrogens with zero attached hydrogens (tertiary/aromatic N) is 4. The summed E-state index contributed by atoms with van der Waals surface area (Å²) in [7, 11) is 0. The zero-order chi connectivity index (χ0) is 24.8. The van der Waals surface area contributed by atoms with Gasteiger partial charge < -0.3 is 24.6 Å². The van der Waals surface area contributed by atoms with Gasteiger partial charge in [0.1, 0.15) is 5.75 Å². The standard InChI is InChI=1S/C26H37N5O4/c1-17(2)24-29-26(35-30-24)31-12-10-19(11-13-31)16-34-22-8-9-23(27-15-22)20-4-6-21(7-5-20)25(33)28-14-18(3)32/h4,8-9,15,17-19,21,32H,5-7,10-14,16H2,1-3H3,(H,28,33)/t18?,21-/m1/s1. The van der Waals surface area contributed by atoms with Gasteiger partial charge in [-0.15, -0.1) is 0 Å². The molecule has 2 atom stereocenters. The average Bonchev–Trinajstić information content (AvgIpc) is 3.38. The van der Waals surface area contributed by atoms with Gasteiger partial charge >= 0.3 is 6.01 Å². The van der Waals surface area contributed by atoms with Crippen LogP contribution < -0.4 is 15.0 Å². The Morgan fingerprint density at radius 3 is 2.66 bits per heavy atom. The Labute approximate surface area is 207 Å². The van der Waals surface area contributed by atoms with Crippen LogP contribution >= 0.6 is 0 Å². The van der Waals surface area contributed by atoms with Crippen LogP contribution in [0.25, 0.3) is 5.57 Å². The molecule has 4 rings (SSSR count). The molecule has 190 valence electrons. The quantitative estimate of drug-likeness (QED) is 0.557. The molecule has 2 N–H and O–H groups in total. The third kappa shape index (κ3) is 6.81. The van der Waals surface area contributed by atoms with Crippen molar-refractivity contribution in [1.29, 1.82) is 0 Å². The van der Waals surface area contributed by atoms with Gasteiger partial charge in [0.25, 0.3) is 0 Å². The number of anilines is 1. The third-order valence-corrected chi connectivity index (χ3v) is 6.74. The van der Waals surface area contributed by atoms with E-state index < -0.39 is 6.10 Å². The number of ether oxygens (including phenoxy) is 1. The maximum atomic E-state index is 12.2. The lowest BCUT2D eigenvalue weighted by atomic mass is 9.87. The highest BCUT2D eigenvalue weighted by molar-refractivity contribution is 5.80. The highest BCUT2D eigenvalue weighted by Gasteiger charge is 2.25. The zero-order valence-electron chi connectivity index (χ0n) is 20.9. The minimum Gasteiger partial charge on any atom is -0.492 e. The van der Waals surface area contributed by atoms with Crippen LogP contribution in [0.4, 0.5) is 6.01 Å². The molecule has 3 heterocycles. The van der Waals surface area contributed by atoms with Crippen LogP contribution in [0.1, 0.15) is 70.3 Å². The van der Waals surface area contributed by atoms with Crippen LogP contribution in [0.3, 0.4) is 0 Å². The molecule has 9 heteroatoms. The van der Waals surface area contributed by atoms with E-state index in [1.807, 2.05) is 12.1 Å². The second kappa shape index (κ2) is 11.7.